The molecule has 100 valence electrons. The van der Waals surface area contributed by atoms with Crippen LogP contribution in [0.3, 0.4) is 0 Å². The molecule has 0 unspecified atom stereocenters. The highest BCUT2D eigenvalue weighted by atomic mass is 79.9. The van der Waals surface area contributed by atoms with E-state index in [4.69, 9.17) is 10.5 Å². The van der Waals surface area contributed by atoms with Crippen LogP contribution in [0.5, 0.6) is 5.75 Å². The molecular formula is C15H17BrN2O. The van der Waals surface area contributed by atoms with Gasteiger partial charge in [-0.25, -0.2) is 0 Å². The van der Waals surface area contributed by atoms with Gasteiger partial charge in [0.1, 0.15) is 12.4 Å². The Kier molecular flexibility index (Phi) is 4.56. The Morgan fingerprint density at radius 3 is 2.74 bits per heavy atom. The predicted molar refractivity (Wildman–Crippen MR) is 80.1 cm³/mol. The number of hydrogen-bond donors (Lipinski definition) is 1. The molecule has 0 amide bonds. The zero-order valence-electron chi connectivity index (χ0n) is 11.1. The maximum Gasteiger partial charge on any atom is 0.122 e. The topological polar surface area (TPSA) is 48.1 Å². The number of pyridine rings is 1. The maximum absolute atomic E-state index is 5.86. The van der Waals surface area contributed by atoms with Crippen molar-refractivity contribution >= 4 is 15.9 Å². The average molecular weight is 321 g/mol. The van der Waals surface area contributed by atoms with E-state index in [1.807, 2.05) is 32.0 Å². The van der Waals surface area contributed by atoms with E-state index in [-0.39, 0.29) is 6.04 Å². The number of nitrogens with zero attached hydrogens (tertiary/aromatic N) is 1. The summed E-state index contributed by atoms with van der Waals surface area (Å²) in [6.45, 7) is 4.51. The second-order valence-electron chi connectivity index (χ2n) is 4.61. The van der Waals surface area contributed by atoms with E-state index in [9.17, 15) is 0 Å². The van der Waals surface area contributed by atoms with Crippen LogP contribution in [0.1, 0.15) is 29.7 Å². The van der Waals surface area contributed by atoms with E-state index in [1.165, 1.54) is 0 Å². The first-order valence-corrected chi connectivity index (χ1v) is 6.94. The van der Waals surface area contributed by atoms with E-state index < -0.39 is 0 Å². The standard InChI is InChI=1S/C15H17BrN2O/c1-10-5-13(11(2)17)3-4-15(10)19-9-12-6-14(16)8-18-7-12/h3-8,11H,9,17H2,1-2H3/t11-/m1/s1. The molecule has 0 saturated carbocycles. The van der Waals surface area contributed by atoms with Crippen molar-refractivity contribution in [1.82, 2.24) is 4.98 Å². The third-order valence-electron chi connectivity index (χ3n) is 2.88. The summed E-state index contributed by atoms with van der Waals surface area (Å²) >= 11 is 3.40. The van der Waals surface area contributed by atoms with Crippen LogP contribution in [-0.2, 0) is 6.61 Å². The van der Waals surface area contributed by atoms with E-state index in [2.05, 4.69) is 27.0 Å². The number of benzene rings is 1. The molecule has 1 heterocycles. The fraction of sp³-hybridized carbons (Fsp3) is 0.267. The third-order valence-corrected chi connectivity index (χ3v) is 3.31. The quantitative estimate of drug-likeness (QED) is 0.933. The lowest BCUT2D eigenvalue weighted by Crippen LogP contribution is -2.05. The summed E-state index contributed by atoms with van der Waals surface area (Å²) < 4.78 is 6.77. The number of rotatable bonds is 4. The lowest BCUT2D eigenvalue weighted by molar-refractivity contribution is 0.303. The van der Waals surface area contributed by atoms with Crippen molar-refractivity contribution in [3.05, 3.63) is 57.8 Å². The van der Waals surface area contributed by atoms with E-state index in [0.717, 1.165) is 26.9 Å². The van der Waals surface area contributed by atoms with Crippen molar-refractivity contribution in [3.63, 3.8) is 0 Å². The highest BCUT2D eigenvalue weighted by Crippen LogP contribution is 2.23. The molecule has 1 atom stereocenters. The summed E-state index contributed by atoms with van der Waals surface area (Å²) in [4.78, 5) is 4.11. The van der Waals surface area contributed by atoms with Gasteiger partial charge in [-0.15, -0.1) is 0 Å². The van der Waals surface area contributed by atoms with Crippen LogP contribution in [0, 0.1) is 6.92 Å². The molecule has 0 aliphatic carbocycles. The maximum atomic E-state index is 5.86. The van der Waals surface area contributed by atoms with Crippen LogP contribution in [0.2, 0.25) is 0 Å². The normalized spacial score (nSPS) is 12.2. The van der Waals surface area contributed by atoms with Gasteiger partial charge in [0.05, 0.1) is 0 Å². The second kappa shape index (κ2) is 6.17. The van der Waals surface area contributed by atoms with Gasteiger partial charge in [0.15, 0.2) is 0 Å². The fourth-order valence-electron chi connectivity index (χ4n) is 1.81. The van der Waals surface area contributed by atoms with Gasteiger partial charge in [0.25, 0.3) is 0 Å². The molecule has 0 aliphatic heterocycles. The van der Waals surface area contributed by atoms with Crippen molar-refractivity contribution in [3.8, 4) is 5.75 Å². The molecule has 19 heavy (non-hydrogen) atoms. The van der Waals surface area contributed by atoms with Crippen molar-refractivity contribution in [1.29, 1.82) is 0 Å². The summed E-state index contributed by atoms with van der Waals surface area (Å²) in [5.41, 5.74) is 9.11. The molecule has 2 rings (SSSR count). The highest BCUT2D eigenvalue weighted by Gasteiger charge is 2.05. The Morgan fingerprint density at radius 2 is 2.11 bits per heavy atom. The SMILES string of the molecule is Cc1cc([C@@H](C)N)ccc1OCc1cncc(Br)c1. The number of aryl methyl sites for hydroxylation is 1. The molecule has 2 N–H and O–H groups in total. The van der Waals surface area contributed by atoms with Gasteiger partial charge in [0, 0.05) is 28.5 Å². The molecule has 3 nitrogen and oxygen atoms in total. The van der Waals surface area contributed by atoms with Gasteiger partial charge < -0.3 is 10.5 Å². The Balaban J connectivity index is 2.07. The molecule has 0 radical (unpaired) electrons. The lowest BCUT2D eigenvalue weighted by atomic mass is 10.1. The highest BCUT2D eigenvalue weighted by molar-refractivity contribution is 9.10. The Bertz CT molecular complexity index is 570. The van der Waals surface area contributed by atoms with Gasteiger partial charge in [-0.1, -0.05) is 12.1 Å². The number of nitrogens with two attached hydrogens (primary N) is 1. The van der Waals surface area contributed by atoms with E-state index in [1.54, 1.807) is 12.4 Å². The Morgan fingerprint density at radius 1 is 1.32 bits per heavy atom. The monoisotopic (exact) mass is 320 g/mol. The van der Waals surface area contributed by atoms with E-state index in [0.29, 0.717) is 6.61 Å². The van der Waals surface area contributed by atoms with Crippen LogP contribution in [0.15, 0.2) is 41.1 Å². The van der Waals surface area contributed by atoms with Crippen molar-refractivity contribution in [2.45, 2.75) is 26.5 Å². The minimum atomic E-state index is 0.0435. The molecule has 0 bridgehead atoms. The smallest absolute Gasteiger partial charge is 0.122 e. The number of halogens is 1. The minimum Gasteiger partial charge on any atom is -0.489 e. The third kappa shape index (κ3) is 3.78. The first-order valence-electron chi connectivity index (χ1n) is 6.14. The van der Waals surface area contributed by atoms with Crippen LogP contribution in [0.4, 0.5) is 0 Å². The van der Waals surface area contributed by atoms with Crippen molar-refractivity contribution in [2.75, 3.05) is 0 Å². The Hall–Kier alpha value is -1.39. The van der Waals surface area contributed by atoms with Crippen LogP contribution >= 0.6 is 15.9 Å². The zero-order valence-corrected chi connectivity index (χ0v) is 12.6. The lowest BCUT2D eigenvalue weighted by Gasteiger charge is -2.12. The second-order valence-corrected chi connectivity index (χ2v) is 5.53. The summed E-state index contributed by atoms with van der Waals surface area (Å²) in [7, 11) is 0. The van der Waals surface area contributed by atoms with Crippen molar-refractivity contribution < 1.29 is 4.74 Å². The minimum absolute atomic E-state index is 0.0435. The largest absolute Gasteiger partial charge is 0.489 e. The molecule has 0 spiro atoms. The predicted octanol–water partition coefficient (Wildman–Crippen LogP) is 3.75. The summed E-state index contributed by atoms with van der Waals surface area (Å²) in [6.07, 6.45) is 3.56. The summed E-state index contributed by atoms with van der Waals surface area (Å²) in [5, 5.41) is 0. The van der Waals surface area contributed by atoms with Gasteiger partial charge >= 0.3 is 0 Å². The van der Waals surface area contributed by atoms with Crippen molar-refractivity contribution in [2.24, 2.45) is 5.73 Å². The average Bonchev–Trinajstić information content (AvgIpc) is 2.37. The zero-order chi connectivity index (χ0) is 13.8. The Labute approximate surface area is 121 Å². The first-order chi connectivity index (χ1) is 9.06. The fourth-order valence-corrected chi connectivity index (χ4v) is 2.23. The molecular weight excluding hydrogens is 304 g/mol. The molecule has 4 heteroatoms. The van der Waals surface area contributed by atoms with Gasteiger partial charge in [-0.3, -0.25) is 4.98 Å². The summed E-state index contributed by atoms with van der Waals surface area (Å²) in [6, 6.07) is 8.09. The molecule has 0 fully saturated rings. The number of ether oxygens (including phenoxy) is 1. The molecule has 0 saturated heterocycles. The van der Waals surface area contributed by atoms with Crippen LogP contribution in [-0.4, -0.2) is 4.98 Å². The molecule has 0 aliphatic rings. The molecule has 1 aromatic heterocycles. The summed E-state index contributed by atoms with van der Waals surface area (Å²) in [5.74, 6) is 0.879. The van der Waals surface area contributed by atoms with Crippen LogP contribution < -0.4 is 10.5 Å². The van der Waals surface area contributed by atoms with Gasteiger partial charge in [-0.2, -0.15) is 0 Å². The molecule has 1 aromatic carbocycles. The van der Waals surface area contributed by atoms with Gasteiger partial charge in [-0.05, 0) is 53.0 Å². The first kappa shape index (κ1) is 14.0. The van der Waals surface area contributed by atoms with Gasteiger partial charge in [0.2, 0.25) is 0 Å². The van der Waals surface area contributed by atoms with E-state index >= 15 is 0 Å². The van der Waals surface area contributed by atoms with Crippen LogP contribution in [0.25, 0.3) is 0 Å². The number of aromatic nitrogens is 1. The molecule has 2 aromatic rings. The number of hydrogen-bond acceptors (Lipinski definition) is 3.